The normalized spacial score (nSPS) is 9.71. The highest BCUT2D eigenvalue weighted by Crippen LogP contribution is 2.19. The number of amides is 2. The summed E-state index contributed by atoms with van der Waals surface area (Å²) in [6, 6.07) is 6.75. The van der Waals surface area contributed by atoms with E-state index in [0.717, 1.165) is 6.42 Å². The van der Waals surface area contributed by atoms with Gasteiger partial charge in [0.25, 0.3) is 0 Å². The van der Waals surface area contributed by atoms with Gasteiger partial charge in [-0.05, 0) is 25.0 Å². The van der Waals surface area contributed by atoms with E-state index in [1.165, 1.54) is 0 Å². The molecule has 1 aromatic carbocycles. The number of thiocarbonyl (C=S) groups is 1. The monoisotopic (exact) mass is 271 g/mol. The van der Waals surface area contributed by atoms with Gasteiger partial charge in [0.1, 0.15) is 0 Å². The largest absolute Gasteiger partial charge is 0.393 e. The molecule has 0 radical (unpaired) electrons. The van der Waals surface area contributed by atoms with E-state index >= 15 is 0 Å². The number of para-hydroxylation sites is 1. The lowest BCUT2D eigenvalue weighted by Crippen LogP contribution is -2.30. The molecule has 0 saturated carbocycles. The minimum atomic E-state index is -0.291. The van der Waals surface area contributed by atoms with Crippen molar-refractivity contribution in [3.05, 3.63) is 29.3 Å². The molecule has 1 rings (SSSR count). The molecule has 6 heteroatoms. The Hall–Kier alpha value is -1.33. The van der Waals surface area contributed by atoms with E-state index < -0.39 is 0 Å². The summed E-state index contributed by atoms with van der Waals surface area (Å²) < 4.78 is 0. The summed E-state index contributed by atoms with van der Waals surface area (Å²) in [6.45, 7) is 0.521. The number of nitrogens with one attached hydrogen (secondary N) is 2. The standard InChI is InChI=1S/C11H14ClN3OS/c12-8-4-1-2-5-9(8)15-11(16)14-7-3-6-10(13)17/h1-2,4-5H,3,6-7H2,(H2,13,17)(H2,14,15,16). The summed E-state index contributed by atoms with van der Waals surface area (Å²) in [6.07, 6.45) is 1.35. The second kappa shape index (κ2) is 7.09. The second-order valence-electron chi connectivity index (χ2n) is 3.43. The summed E-state index contributed by atoms with van der Waals surface area (Å²) >= 11 is 10.6. The number of nitrogens with two attached hydrogens (primary N) is 1. The fraction of sp³-hybridized carbons (Fsp3) is 0.273. The van der Waals surface area contributed by atoms with Gasteiger partial charge in [-0.3, -0.25) is 0 Å². The van der Waals surface area contributed by atoms with Gasteiger partial charge < -0.3 is 16.4 Å². The van der Waals surface area contributed by atoms with Crippen LogP contribution in [0, 0.1) is 0 Å². The van der Waals surface area contributed by atoms with Crippen molar-refractivity contribution in [3.8, 4) is 0 Å². The quantitative estimate of drug-likeness (QED) is 0.569. The van der Waals surface area contributed by atoms with Crippen molar-refractivity contribution >= 4 is 40.5 Å². The third-order valence-electron chi connectivity index (χ3n) is 2.01. The first-order valence-corrected chi connectivity index (χ1v) is 5.96. The molecule has 0 fully saturated rings. The van der Waals surface area contributed by atoms with Gasteiger partial charge in [0, 0.05) is 6.54 Å². The van der Waals surface area contributed by atoms with E-state index in [4.69, 9.17) is 29.6 Å². The number of anilines is 1. The van der Waals surface area contributed by atoms with Crippen molar-refractivity contribution in [2.75, 3.05) is 11.9 Å². The number of halogens is 1. The maximum Gasteiger partial charge on any atom is 0.319 e. The molecule has 17 heavy (non-hydrogen) atoms. The minimum Gasteiger partial charge on any atom is -0.393 e. The zero-order valence-corrected chi connectivity index (χ0v) is 10.8. The summed E-state index contributed by atoms with van der Waals surface area (Å²) in [5.74, 6) is 0. The van der Waals surface area contributed by atoms with Crippen molar-refractivity contribution in [3.63, 3.8) is 0 Å². The molecule has 0 spiro atoms. The van der Waals surface area contributed by atoms with Crippen molar-refractivity contribution in [2.45, 2.75) is 12.8 Å². The second-order valence-corrected chi connectivity index (χ2v) is 4.36. The van der Waals surface area contributed by atoms with E-state index in [-0.39, 0.29) is 6.03 Å². The lowest BCUT2D eigenvalue weighted by atomic mass is 10.3. The topological polar surface area (TPSA) is 67.1 Å². The van der Waals surface area contributed by atoms with E-state index in [2.05, 4.69) is 10.6 Å². The van der Waals surface area contributed by atoms with Crippen molar-refractivity contribution in [1.29, 1.82) is 0 Å². The van der Waals surface area contributed by atoms with E-state index in [1.807, 2.05) is 0 Å². The SMILES string of the molecule is NC(=S)CCCNC(=O)Nc1ccccc1Cl. The fourth-order valence-electron chi connectivity index (χ4n) is 1.19. The lowest BCUT2D eigenvalue weighted by molar-refractivity contribution is 0.252. The molecule has 2 amide bonds. The summed E-state index contributed by atoms with van der Waals surface area (Å²) in [4.78, 5) is 11.9. The molecule has 0 bridgehead atoms. The number of urea groups is 1. The number of rotatable bonds is 5. The molecule has 0 saturated heterocycles. The van der Waals surface area contributed by atoms with Crippen LogP contribution in [0.3, 0.4) is 0 Å². The summed E-state index contributed by atoms with van der Waals surface area (Å²) in [5, 5.41) is 5.85. The first-order valence-electron chi connectivity index (χ1n) is 5.17. The van der Waals surface area contributed by atoms with Crippen LogP contribution in [0.25, 0.3) is 0 Å². The van der Waals surface area contributed by atoms with Crippen molar-refractivity contribution in [2.24, 2.45) is 5.73 Å². The fourth-order valence-corrected chi connectivity index (χ4v) is 1.52. The first kappa shape index (κ1) is 13.7. The number of hydrogen-bond acceptors (Lipinski definition) is 2. The van der Waals surface area contributed by atoms with Crippen LogP contribution in [0.2, 0.25) is 5.02 Å². The molecule has 0 atom stereocenters. The number of carbonyl (C=O) groups excluding carboxylic acids is 1. The average Bonchev–Trinajstić information content (AvgIpc) is 2.27. The van der Waals surface area contributed by atoms with Crippen LogP contribution >= 0.6 is 23.8 Å². The predicted molar refractivity (Wildman–Crippen MR) is 74.5 cm³/mol. The highest BCUT2D eigenvalue weighted by Gasteiger charge is 2.03. The Balaban J connectivity index is 2.30. The Morgan fingerprint density at radius 1 is 1.41 bits per heavy atom. The van der Waals surface area contributed by atoms with Crippen molar-refractivity contribution in [1.82, 2.24) is 5.32 Å². The Morgan fingerprint density at radius 2 is 2.12 bits per heavy atom. The van der Waals surface area contributed by atoms with Gasteiger partial charge in [0.15, 0.2) is 0 Å². The van der Waals surface area contributed by atoms with E-state index in [0.29, 0.717) is 28.7 Å². The Kier molecular flexibility index (Phi) is 5.72. The zero-order chi connectivity index (χ0) is 12.7. The molecule has 0 aromatic heterocycles. The molecule has 4 N–H and O–H groups in total. The van der Waals surface area contributed by atoms with Crippen LogP contribution in [-0.4, -0.2) is 17.6 Å². The van der Waals surface area contributed by atoms with Gasteiger partial charge in [-0.25, -0.2) is 4.79 Å². The highest BCUT2D eigenvalue weighted by molar-refractivity contribution is 7.80. The van der Waals surface area contributed by atoms with Gasteiger partial charge >= 0.3 is 6.03 Å². The van der Waals surface area contributed by atoms with Crippen LogP contribution < -0.4 is 16.4 Å². The van der Waals surface area contributed by atoms with Crippen LogP contribution in [0.4, 0.5) is 10.5 Å². The maximum atomic E-state index is 11.5. The van der Waals surface area contributed by atoms with Crippen molar-refractivity contribution < 1.29 is 4.79 Å². The predicted octanol–water partition coefficient (Wildman–Crippen LogP) is 2.53. The van der Waals surface area contributed by atoms with Gasteiger partial charge in [-0.1, -0.05) is 36.0 Å². The van der Waals surface area contributed by atoms with Crippen LogP contribution in [0.15, 0.2) is 24.3 Å². The third-order valence-corrected chi connectivity index (χ3v) is 2.54. The minimum absolute atomic E-state index is 0.291. The molecule has 0 heterocycles. The highest BCUT2D eigenvalue weighted by atomic mass is 35.5. The Labute approximate surface area is 111 Å². The molecular formula is C11H14ClN3OS. The smallest absolute Gasteiger partial charge is 0.319 e. The molecular weight excluding hydrogens is 258 g/mol. The number of hydrogen-bond donors (Lipinski definition) is 3. The van der Waals surface area contributed by atoms with Gasteiger partial charge in [-0.2, -0.15) is 0 Å². The van der Waals surface area contributed by atoms with E-state index in [9.17, 15) is 4.79 Å². The Bertz CT molecular complexity index is 411. The molecule has 4 nitrogen and oxygen atoms in total. The van der Waals surface area contributed by atoms with Crippen LogP contribution in [-0.2, 0) is 0 Å². The molecule has 0 unspecified atom stereocenters. The molecule has 92 valence electrons. The lowest BCUT2D eigenvalue weighted by Gasteiger charge is -2.08. The Morgan fingerprint density at radius 3 is 2.76 bits per heavy atom. The number of benzene rings is 1. The maximum absolute atomic E-state index is 11.5. The molecule has 0 aliphatic carbocycles. The summed E-state index contributed by atoms with van der Waals surface area (Å²) in [7, 11) is 0. The third kappa shape index (κ3) is 5.51. The first-order chi connectivity index (χ1) is 8.09. The molecule has 0 aliphatic heterocycles. The van der Waals surface area contributed by atoms with Gasteiger partial charge in [0.2, 0.25) is 0 Å². The molecule has 1 aromatic rings. The van der Waals surface area contributed by atoms with Gasteiger partial charge in [-0.15, -0.1) is 0 Å². The molecule has 0 aliphatic rings. The van der Waals surface area contributed by atoms with E-state index in [1.54, 1.807) is 24.3 Å². The van der Waals surface area contributed by atoms with Crippen LogP contribution in [0.5, 0.6) is 0 Å². The van der Waals surface area contributed by atoms with Crippen LogP contribution in [0.1, 0.15) is 12.8 Å². The summed E-state index contributed by atoms with van der Waals surface area (Å²) in [5.41, 5.74) is 5.92. The van der Waals surface area contributed by atoms with Gasteiger partial charge in [0.05, 0.1) is 15.7 Å². The zero-order valence-electron chi connectivity index (χ0n) is 9.20. The average molecular weight is 272 g/mol. The number of carbonyl (C=O) groups is 1.